The highest BCUT2D eigenvalue weighted by molar-refractivity contribution is 5.70. The molecule has 0 aliphatic heterocycles. The van der Waals surface area contributed by atoms with Gasteiger partial charge in [0.2, 0.25) is 0 Å². The molecule has 0 fully saturated rings. The van der Waals surface area contributed by atoms with Gasteiger partial charge in [0.15, 0.2) is 0 Å². The second-order valence-corrected chi connectivity index (χ2v) is 4.51. The molecular formula is C18H15NO. The van der Waals surface area contributed by atoms with Gasteiger partial charge in [0.1, 0.15) is 12.4 Å². The monoisotopic (exact) mass is 261 g/mol. The van der Waals surface area contributed by atoms with Crippen molar-refractivity contribution in [3.63, 3.8) is 0 Å². The number of benzene rings is 2. The van der Waals surface area contributed by atoms with E-state index in [1.165, 1.54) is 0 Å². The molecule has 0 saturated carbocycles. The van der Waals surface area contributed by atoms with Gasteiger partial charge in [0, 0.05) is 23.5 Å². The maximum atomic E-state index is 5.94. The van der Waals surface area contributed by atoms with E-state index in [0.717, 1.165) is 22.4 Å². The van der Waals surface area contributed by atoms with Crippen molar-refractivity contribution < 1.29 is 4.74 Å². The van der Waals surface area contributed by atoms with Gasteiger partial charge in [-0.15, -0.1) is 0 Å². The van der Waals surface area contributed by atoms with Crippen LogP contribution in [-0.2, 0) is 6.61 Å². The third kappa shape index (κ3) is 2.86. The van der Waals surface area contributed by atoms with E-state index in [-0.39, 0.29) is 0 Å². The minimum atomic E-state index is 0.525. The van der Waals surface area contributed by atoms with Crippen LogP contribution in [0.4, 0.5) is 0 Å². The standard InChI is InChI=1S/C18H15NO/c1-2-8-16(9-3-1)17-10-4-5-11-18(17)20-14-15-7-6-12-19-13-15/h1-13H,14H2. The Kier molecular flexibility index (Phi) is 3.74. The molecule has 2 aromatic carbocycles. The maximum Gasteiger partial charge on any atom is 0.127 e. The minimum absolute atomic E-state index is 0.525. The Bertz CT molecular complexity index is 665. The average Bonchev–Trinajstić information content (AvgIpc) is 2.55. The number of para-hydroxylation sites is 1. The molecule has 0 aliphatic carbocycles. The van der Waals surface area contributed by atoms with Crippen LogP contribution in [-0.4, -0.2) is 4.98 Å². The fourth-order valence-electron chi connectivity index (χ4n) is 2.09. The summed E-state index contributed by atoms with van der Waals surface area (Å²) in [5, 5.41) is 0. The predicted molar refractivity (Wildman–Crippen MR) is 80.4 cm³/mol. The van der Waals surface area contributed by atoms with Crippen LogP contribution >= 0.6 is 0 Å². The summed E-state index contributed by atoms with van der Waals surface area (Å²) in [6.07, 6.45) is 3.59. The van der Waals surface area contributed by atoms with E-state index in [2.05, 4.69) is 23.2 Å². The summed E-state index contributed by atoms with van der Waals surface area (Å²) in [5.74, 6) is 0.891. The zero-order chi connectivity index (χ0) is 13.6. The Hall–Kier alpha value is -2.61. The molecule has 20 heavy (non-hydrogen) atoms. The third-order valence-electron chi connectivity index (χ3n) is 3.09. The van der Waals surface area contributed by atoms with Gasteiger partial charge < -0.3 is 4.74 Å². The molecule has 0 spiro atoms. The Morgan fingerprint density at radius 2 is 1.60 bits per heavy atom. The lowest BCUT2D eigenvalue weighted by molar-refractivity contribution is 0.307. The van der Waals surface area contributed by atoms with Crippen LogP contribution in [0.2, 0.25) is 0 Å². The van der Waals surface area contributed by atoms with Gasteiger partial charge in [-0.25, -0.2) is 0 Å². The molecule has 2 nitrogen and oxygen atoms in total. The number of nitrogens with zero attached hydrogens (tertiary/aromatic N) is 1. The number of pyridine rings is 1. The first kappa shape index (κ1) is 12.4. The molecule has 98 valence electrons. The number of hydrogen-bond acceptors (Lipinski definition) is 2. The Morgan fingerprint density at radius 3 is 2.40 bits per heavy atom. The number of rotatable bonds is 4. The normalized spacial score (nSPS) is 10.2. The first-order valence-corrected chi connectivity index (χ1v) is 6.59. The predicted octanol–water partition coefficient (Wildman–Crippen LogP) is 4.33. The second kappa shape index (κ2) is 6.02. The van der Waals surface area contributed by atoms with Crippen molar-refractivity contribution in [3.8, 4) is 16.9 Å². The molecule has 0 N–H and O–H groups in total. The molecule has 2 heteroatoms. The van der Waals surface area contributed by atoms with Gasteiger partial charge >= 0.3 is 0 Å². The molecule has 1 heterocycles. The second-order valence-electron chi connectivity index (χ2n) is 4.51. The van der Waals surface area contributed by atoms with E-state index >= 15 is 0 Å². The zero-order valence-electron chi connectivity index (χ0n) is 11.1. The van der Waals surface area contributed by atoms with Crippen molar-refractivity contribution in [2.24, 2.45) is 0 Å². The summed E-state index contributed by atoms with van der Waals surface area (Å²) < 4.78 is 5.94. The summed E-state index contributed by atoms with van der Waals surface area (Å²) in [5.41, 5.74) is 3.33. The lowest BCUT2D eigenvalue weighted by atomic mass is 10.1. The van der Waals surface area contributed by atoms with Crippen molar-refractivity contribution in [2.75, 3.05) is 0 Å². The summed E-state index contributed by atoms with van der Waals surface area (Å²) in [6, 6.07) is 22.3. The van der Waals surface area contributed by atoms with E-state index in [1.54, 1.807) is 6.20 Å². The molecule has 3 rings (SSSR count). The van der Waals surface area contributed by atoms with Crippen LogP contribution in [0.25, 0.3) is 11.1 Å². The van der Waals surface area contributed by atoms with Gasteiger partial charge in [-0.1, -0.05) is 54.6 Å². The molecule has 0 bridgehead atoms. The molecule has 0 saturated heterocycles. The quantitative estimate of drug-likeness (QED) is 0.697. The zero-order valence-corrected chi connectivity index (χ0v) is 11.1. The molecule has 0 atom stereocenters. The number of aromatic nitrogens is 1. The summed E-state index contributed by atoms with van der Waals surface area (Å²) in [6.45, 7) is 0.525. The molecule has 0 radical (unpaired) electrons. The van der Waals surface area contributed by atoms with Gasteiger partial charge in [-0.3, -0.25) is 4.98 Å². The molecule has 0 amide bonds. The van der Waals surface area contributed by atoms with E-state index in [1.807, 2.05) is 54.7 Å². The average molecular weight is 261 g/mol. The molecule has 3 aromatic rings. The van der Waals surface area contributed by atoms with Crippen molar-refractivity contribution >= 4 is 0 Å². The number of ether oxygens (including phenoxy) is 1. The van der Waals surface area contributed by atoms with Crippen LogP contribution in [0, 0.1) is 0 Å². The lowest BCUT2D eigenvalue weighted by Gasteiger charge is -2.11. The molecule has 0 aliphatic rings. The van der Waals surface area contributed by atoms with E-state index < -0.39 is 0 Å². The highest BCUT2D eigenvalue weighted by atomic mass is 16.5. The fourth-order valence-corrected chi connectivity index (χ4v) is 2.09. The van der Waals surface area contributed by atoms with Gasteiger partial charge in [-0.2, -0.15) is 0 Å². The van der Waals surface area contributed by atoms with Gasteiger partial charge in [-0.05, 0) is 17.7 Å². The maximum absolute atomic E-state index is 5.94. The van der Waals surface area contributed by atoms with Crippen LogP contribution in [0.5, 0.6) is 5.75 Å². The largest absolute Gasteiger partial charge is 0.488 e. The van der Waals surface area contributed by atoms with Crippen LogP contribution in [0.1, 0.15) is 5.56 Å². The Morgan fingerprint density at radius 1 is 0.800 bits per heavy atom. The SMILES string of the molecule is c1ccc(-c2ccccc2OCc2cccnc2)cc1. The lowest BCUT2D eigenvalue weighted by Crippen LogP contribution is -1.97. The van der Waals surface area contributed by atoms with E-state index in [0.29, 0.717) is 6.61 Å². The topological polar surface area (TPSA) is 22.1 Å². The first-order chi connectivity index (χ1) is 9.93. The number of hydrogen-bond donors (Lipinski definition) is 0. The molecule has 1 aromatic heterocycles. The van der Waals surface area contributed by atoms with Crippen molar-refractivity contribution in [3.05, 3.63) is 84.7 Å². The summed E-state index contributed by atoms with van der Waals surface area (Å²) in [7, 11) is 0. The fraction of sp³-hybridized carbons (Fsp3) is 0.0556. The van der Waals surface area contributed by atoms with E-state index in [9.17, 15) is 0 Å². The smallest absolute Gasteiger partial charge is 0.127 e. The van der Waals surface area contributed by atoms with Crippen molar-refractivity contribution in [1.82, 2.24) is 4.98 Å². The minimum Gasteiger partial charge on any atom is -0.488 e. The molecule has 0 unspecified atom stereocenters. The van der Waals surface area contributed by atoms with Gasteiger partial charge in [0.25, 0.3) is 0 Å². The first-order valence-electron chi connectivity index (χ1n) is 6.59. The van der Waals surface area contributed by atoms with Crippen molar-refractivity contribution in [2.45, 2.75) is 6.61 Å². The molecular weight excluding hydrogens is 246 g/mol. The Balaban J connectivity index is 1.84. The highest BCUT2D eigenvalue weighted by Crippen LogP contribution is 2.29. The van der Waals surface area contributed by atoms with Gasteiger partial charge in [0.05, 0.1) is 0 Å². The highest BCUT2D eigenvalue weighted by Gasteiger charge is 2.05. The van der Waals surface area contributed by atoms with Crippen LogP contribution in [0.3, 0.4) is 0 Å². The van der Waals surface area contributed by atoms with Crippen LogP contribution < -0.4 is 4.74 Å². The third-order valence-corrected chi connectivity index (χ3v) is 3.09. The summed E-state index contributed by atoms with van der Waals surface area (Å²) >= 11 is 0. The van der Waals surface area contributed by atoms with Crippen molar-refractivity contribution in [1.29, 1.82) is 0 Å². The summed E-state index contributed by atoms with van der Waals surface area (Å²) in [4.78, 5) is 4.10. The Labute approximate surface area is 118 Å². The van der Waals surface area contributed by atoms with E-state index in [4.69, 9.17) is 4.74 Å². The van der Waals surface area contributed by atoms with Crippen LogP contribution in [0.15, 0.2) is 79.1 Å².